The number of nitrogens with one attached hydrogen (secondary N) is 1. The number of methoxy groups -OCH3 is 2. The Morgan fingerprint density at radius 1 is 1.15 bits per heavy atom. The zero-order chi connectivity index (χ0) is 24.2. The highest BCUT2D eigenvalue weighted by atomic mass is 19.1. The molecule has 4 rings (SSSR count). The molecular weight excluding hydrogens is 443 g/mol. The first kappa shape index (κ1) is 23.2. The second kappa shape index (κ2) is 9.90. The van der Waals surface area contributed by atoms with Gasteiger partial charge in [-0.25, -0.2) is 9.07 Å². The Morgan fingerprint density at radius 3 is 2.50 bits per heavy atom. The summed E-state index contributed by atoms with van der Waals surface area (Å²) in [5.74, 6) is -0.0457. The highest BCUT2D eigenvalue weighted by molar-refractivity contribution is 5.94. The minimum absolute atomic E-state index is 0.107. The molecular formula is C24H25FN4O5. The molecule has 0 saturated heterocycles. The number of carbonyl (C=O) groups is 1. The predicted molar refractivity (Wildman–Crippen MR) is 122 cm³/mol. The normalized spacial score (nSPS) is 12.7. The summed E-state index contributed by atoms with van der Waals surface area (Å²) in [6, 6.07) is 8.86. The molecule has 3 aromatic rings. The van der Waals surface area contributed by atoms with Crippen molar-refractivity contribution in [3.05, 3.63) is 74.8 Å². The smallest absolute Gasteiger partial charge is 0.276 e. The molecule has 2 aromatic carbocycles. The van der Waals surface area contributed by atoms with Gasteiger partial charge in [0.25, 0.3) is 11.6 Å². The van der Waals surface area contributed by atoms with Crippen molar-refractivity contribution in [2.45, 2.75) is 32.1 Å². The van der Waals surface area contributed by atoms with Crippen molar-refractivity contribution in [1.29, 1.82) is 0 Å². The van der Waals surface area contributed by atoms with Gasteiger partial charge in [-0.3, -0.25) is 14.9 Å². The highest BCUT2D eigenvalue weighted by Crippen LogP contribution is 2.34. The molecule has 0 spiro atoms. The van der Waals surface area contributed by atoms with Gasteiger partial charge in [0.15, 0.2) is 17.2 Å². The van der Waals surface area contributed by atoms with Crippen molar-refractivity contribution in [3.8, 4) is 17.2 Å². The number of nitrogens with zero attached hydrogens (tertiary/aromatic N) is 3. The second-order valence-corrected chi connectivity index (χ2v) is 7.97. The van der Waals surface area contributed by atoms with Crippen molar-refractivity contribution < 1.29 is 23.6 Å². The average molecular weight is 468 g/mol. The molecule has 0 fully saturated rings. The Bertz CT molecular complexity index is 1220. The summed E-state index contributed by atoms with van der Waals surface area (Å²) in [6.45, 7) is 0.174. The Kier molecular flexibility index (Phi) is 6.76. The maximum Gasteiger partial charge on any atom is 0.276 e. The molecule has 0 unspecified atom stereocenters. The molecule has 1 amide bonds. The standard InChI is InChI=1S/C24H25FN4O5/c1-33-21-13-15(20(29(31)32)14-22(21)34-2)11-12-26-24(30)23-18-5-3-4-6-19(18)28(27-23)17-9-7-16(25)8-10-17/h7-10,13-14H,3-6,11-12H2,1-2H3,(H,26,30). The topological polar surface area (TPSA) is 109 Å². The van der Waals surface area contributed by atoms with E-state index in [1.54, 1.807) is 22.9 Å². The Hall–Kier alpha value is -3.95. The van der Waals surface area contributed by atoms with Crippen LogP contribution in [0.4, 0.5) is 10.1 Å². The largest absolute Gasteiger partial charge is 0.493 e. The fourth-order valence-electron chi connectivity index (χ4n) is 4.25. The summed E-state index contributed by atoms with van der Waals surface area (Å²) >= 11 is 0. The Labute approximate surface area is 195 Å². The Morgan fingerprint density at radius 2 is 1.82 bits per heavy atom. The van der Waals surface area contributed by atoms with Crippen LogP contribution in [0.1, 0.15) is 40.2 Å². The predicted octanol–water partition coefficient (Wildman–Crippen LogP) is 3.79. The quantitative estimate of drug-likeness (QED) is 0.398. The summed E-state index contributed by atoms with van der Waals surface area (Å²) in [5, 5.41) is 18.9. The van der Waals surface area contributed by atoms with E-state index in [-0.39, 0.29) is 36.1 Å². The monoisotopic (exact) mass is 468 g/mol. The van der Waals surface area contributed by atoms with Gasteiger partial charge >= 0.3 is 0 Å². The number of benzene rings is 2. The number of amides is 1. The van der Waals surface area contributed by atoms with Crippen LogP contribution in [-0.4, -0.2) is 41.4 Å². The molecule has 1 aliphatic carbocycles. The Balaban J connectivity index is 1.54. The fraction of sp³-hybridized carbons (Fsp3) is 0.333. The lowest BCUT2D eigenvalue weighted by molar-refractivity contribution is -0.385. The molecule has 178 valence electrons. The molecule has 10 heteroatoms. The van der Waals surface area contributed by atoms with Crippen LogP contribution < -0.4 is 14.8 Å². The van der Waals surface area contributed by atoms with Crippen LogP contribution in [0.15, 0.2) is 36.4 Å². The van der Waals surface area contributed by atoms with Crippen LogP contribution in [0.25, 0.3) is 5.69 Å². The maximum absolute atomic E-state index is 13.4. The van der Waals surface area contributed by atoms with E-state index in [9.17, 15) is 19.3 Å². The number of rotatable bonds is 8. The summed E-state index contributed by atoms with van der Waals surface area (Å²) < 4.78 is 25.5. The number of nitro groups is 1. The number of hydrogen-bond donors (Lipinski definition) is 1. The van der Waals surface area contributed by atoms with Crippen LogP contribution in [-0.2, 0) is 19.3 Å². The number of ether oxygens (including phenoxy) is 2. The lowest BCUT2D eigenvalue weighted by atomic mass is 9.95. The van der Waals surface area contributed by atoms with E-state index in [1.807, 2.05) is 0 Å². The lowest BCUT2D eigenvalue weighted by Gasteiger charge is -2.14. The van der Waals surface area contributed by atoms with Crippen LogP contribution in [0.3, 0.4) is 0 Å². The molecule has 34 heavy (non-hydrogen) atoms. The first-order valence-electron chi connectivity index (χ1n) is 11.0. The fourth-order valence-corrected chi connectivity index (χ4v) is 4.25. The van der Waals surface area contributed by atoms with Crippen molar-refractivity contribution >= 4 is 11.6 Å². The van der Waals surface area contributed by atoms with Gasteiger partial charge in [0.05, 0.1) is 30.9 Å². The van der Waals surface area contributed by atoms with Crippen LogP contribution >= 0.6 is 0 Å². The summed E-state index contributed by atoms with van der Waals surface area (Å²) in [6.07, 6.45) is 3.69. The summed E-state index contributed by atoms with van der Waals surface area (Å²) in [4.78, 5) is 24.0. The van der Waals surface area contributed by atoms with Crippen molar-refractivity contribution in [3.63, 3.8) is 0 Å². The third-order valence-electron chi connectivity index (χ3n) is 5.93. The van der Waals surface area contributed by atoms with Gasteiger partial charge < -0.3 is 14.8 Å². The van der Waals surface area contributed by atoms with Gasteiger partial charge in [-0.05, 0) is 62.4 Å². The van der Waals surface area contributed by atoms with Crippen molar-refractivity contribution in [2.24, 2.45) is 0 Å². The number of nitro benzene ring substituents is 1. The molecule has 1 N–H and O–H groups in total. The summed E-state index contributed by atoms with van der Waals surface area (Å²) in [7, 11) is 2.86. The number of fused-ring (bicyclic) bond motifs is 1. The molecule has 0 atom stereocenters. The van der Waals surface area contributed by atoms with Crippen LogP contribution in [0.2, 0.25) is 0 Å². The van der Waals surface area contributed by atoms with Crippen molar-refractivity contribution in [1.82, 2.24) is 15.1 Å². The van der Waals surface area contributed by atoms with Crippen LogP contribution in [0.5, 0.6) is 11.5 Å². The lowest BCUT2D eigenvalue weighted by Crippen LogP contribution is -2.27. The van der Waals surface area contributed by atoms with Gasteiger partial charge in [0.2, 0.25) is 0 Å². The SMILES string of the molecule is COc1cc(CCNC(=O)c2nn(-c3ccc(F)cc3)c3c2CCCC3)c([N+](=O)[O-])cc1OC. The van der Waals surface area contributed by atoms with E-state index in [0.717, 1.165) is 36.9 Å². The second-order valence-electron chi connectivity index (χ2n) is 7.97. The molecule has 1 aliphatic rings. The number of carbonyl (C=O) groups excluding carboxylic acids is 1. The van der Waals surface area contributed by atoms with E-state index in [2.05, 4.69) is 10.4 Å². The minimum Gasteiger partial charge on any atom is -0.493 e. The maximum atomic E-state index is 13.4. The molecule has 0 radical (unpaired) electrons. The molecule has 0 bridgehead atoms. The average Bonchev–Trinajstić information content (AvgIpc) is 3.23. The molecule has 0 saturated carbocycles. The zero-order valence-corrected chi connectivity index (χ0v) is 19.0. The van der Waals surface area contributed by atoms with Gasteiger partial charge in [-0.2, -0.15) is 5.10 Å². The van der Waals surface area contributed by atoms with Gasteiger partial charge in [0, 0.05) is 23.4 Å². The third-order valence-corrected chi connectivity index (χ3v) is 5.93. The number of halogens is 1. The molecule has 9 nitrogen and oxygen atoms in total. The highest BCUT2D eigenvalue weighted by Gasteiger charge is 2.26. The van der Waals surface area contributed by atoms with E-state index < -0.39 is 4.92 Å². The van der Waals surface area contributed by atoms with Gasteiger partial charge in [-0.1, -0.05) is 0 Å². The number of hydrogen-bond acceptors (Lipinski definition) is 6. The van der Waals surface area contributed by atoms with Crippen molar-refractivity contribution in [2.75, 3.05) is 20.8 Å². The minimum atomic E-state index is -0.486. The zero-order valence-electron chi connectivity index (χ0n) is 19.0. The van der Waals surface area contributed by atoms with E-state index in [4.69, 9.17) is 9.47 Å². The van der Waals surface area contributed by atoms with E-state index in [1.165, 1.54) is 32.4 Å². The van der Waals surface area contributed by atoms with Gasteiger partial charge in [-0.15, -0.1) is 0 Å². The van der Waals surface area contributed by atoms with Gasteiger partial charge in [0.1, 0.15) is 5.82 Å². The molecule has 1 heterocycles. The van der Waals surface area contributed by atoms with E-state index in [0.29, 0.717) is 22.7 Å². The molecule has 1 aromatic heterocycles. The third kappa shape index (κ3) is 4.57. The number of aromatic nitrogens is 2. The van der Waals surface area contributed by atoms with E-state index >= 15 is 0 Å². The molecule has 0 aliphatic heterocycles. The summed E-state index contributed by atoms with van der Waals surface area (Å²) in [5.41, 5.74) is 3.19. The van der Waals surface area contributed by atoms with Crippen LogP contribution in [0, 0.1) is 15.9 Å². The first-order valence-corrected chi connectivity index (χ1v) is 11.0. The first-order chi connectivity index (χ1) is 16.4.